The Bertz CT molecular complexity index is 624. The normalized spacial score (nSPS) is 16.6. The van der Waals surface area contributed by atoms with E-state index in [0.29, 0.717) is 11.2 Å². The average Bonchev–Trinajstić information content (AvgIpc) is 3.19. The molecule has 1 amide bonds. The first-order valence-electron chi connectivity index (χ1n) is 7.55. The molecule has 0 spiro atoms. The van der Waals surface area contributed by atoms with Crippen LogP contribution < -0.4 is 5.32 Å². The summed E-state index contributed by atoms with van der Waals surface area (Å²) in [4.78, 5) is 12.3. The molecule has 2 aromatic rings. The number of para-hydroxylation sites is 1. The molecule has 1 fully saturated rings. The molecule has 1 N–H and O–H groups in total. The standard InChI is InChI=1S/C15H19N5OS/c1-11(14(21)16-12-7-5-6-8-12)22-15-17-18-19-20(15)13-9-3-2-4-10-13/h2-4,9-12H,5-8H2,1H3,(H,16,21)/t11-/m0/s1. The number of hydrogen-bond acceptors (Lipinski definition) is 5. The molecule has 1 atom stereocenters. The van der Waals surface area contributed by atoms with E-state index in [1.165, 1.54) is 24.6 Å². The van der Waals surface area contributed by atoms with Crippen molar-refractivity contribution in [2.24, 2.45) is 0 Å². The highest BCUT2D eigenvalue weighted by atomic mass is 32.2. The maximum atomic E-state index is 12.3. The van der Waals surface area contributed by atoms with Gasteiger partial charge in [0.15, 0.2) is 0 Å². The minimum Gasteiger partial charge on any atom is -0.352 e. The Morgan fingerprint density at radius 1 is 1.32 bits per heavy atom. The molecule has 1 aliphatic rings. The van der Waals surface area contributed by atoms with Gasteiger partial charge in [0, 0.05) is 6.04 Å². The van der Waals surface area contributed by atoms with Gasteiger partial charge in [-0.15, -0.1) is 5.10 Å². The van der Waals surface area contributed by atoms with Crippen LogP contribution in [-0.2, 0) is 4.79 Å². The van der Waals surface area contributed by atoms with Crippen LogP contribution in [0.5, 0.6) is 0 Å². The quantitative estimate of drug-likeness (QED) is 0.856. The van der Waals surface area contributed by atoms with Gasteiger partial charge in [-0.25, -0.2) is 0 Å². The predicted molar refractivity (Wildman–Crippen MR) is 84.9 cm³/mol. The van der Waals surface area contributed by atoms with Crippen molar-refractivity contribution < 1.29 is 4.79 Å². The zero-order chi connectivity index (χ0) is 15.4. The van der Waals surface area contributed by atoms with E-state index < -0.39 is 0 Å². The van der Waals surface area contributed by atoms with Gasteiger partial charge in [0.25, 0.3) is 0 Å². The maximum absolute atomic E-state index is 12.3. The van der Waals surface area contributed by atoms with Crippen LogP contribution in [-0.4, -0.2) is 37.4 Å². The van der Waals surface area contributed by atoms with Gasteiger partial charge in [0.2, 0.25) is 11.1 Å². The van der Waals surface area contributed by atoms with Gasteiger partial charge in [-0.1, -0.05) is 42.8 Å². The van der Waals surface area contributed by atoms with E-state index in [-0.39, 0.29) is 11.2 Å². The van der Waals surface area contributed by atoms with Crippen molar-refractivity contribution in [3.63, 3.8) is 0 Å². The molecule has 0 radical (unpaired) electrons. The number of nitrogens with zero attached hydrogens (tertiary/aromatic N) is 4. The Morgan fingerprint density at radius 3 is 2.77 bits per heavy atom. The van der Waals surface area contributed by atoms with Crippen molar-refractivity contribution in [3.8, 4) is 5.69 Å². The molecule has 7 heteroatoms. The summed E-state index contributed by atoms with van der Waals surface area (Å²) in [5.74, 6) is 0.0551. The molecule has 22 heavy (non-hydrogen) atoms. The summed E-state index contributed by atoms with van der Waals surface area (Å²) in [6.45, 7) is 1.89. The van der Waals surface area contributed by atoms with Crippen molar-refractivity contribution in [3.05, 3.63) is 30.3 Å². The topological polar surface area (TPSA) is 72.7 Å². The van der Waals surface area contributed by atoms with Gasteiger partial charge in [-0.05, 0) is 42.3 Å². The lowest BCUT2D eigenvalue weighted by Crippen LogP contribution is -2.37. The van der Waals surface area contributed by atoms with Crippen LogP contribution in [0.3, 0.4) is 0 Å². The third-order valence-corrected chi connectivity index (χ3v) is 4.83. The van der Waals surface area contributed by atoms with Crippen molar-refractivity contribution in [2.45, 2.75) is 49.1 Å². The molecule has 1 aromatic heterocycles. The lowest BCUT2D eigenvalue weighted by atomic mass is 10.2. The number of amides is 1. The van der Waals surface area contributed by atoms with Crippen LogP contribution >= 0.6 is 11.8 Å². The first-order valence-corrected chi connectivity index (χ1v) is 8.43. The van der Waals surface area contributed by atoms with Gasteiger partial charge >= 0.3 is 0 Å². The minimum absolute atomic E-state index is 0.0551. The second-order valence-corrected chi connectivity index (χ2v) is 6.77. The predicted octanol–water partition coefficient (Wildman–Crippen LogP) is 2.20. The highest BCUT2D eigenvalue weighted by Crippen LogP contribution is 2.24. The Labute approximate surface area is 133 Å². The zero-order valence-corrected chi connectivity index (χ0v) is 13.3. The summed E-state index contributed by atoms with van der Waals surface area (Å²) in [6.07, 6.45) is 4.59. The third-order valence-electron chi connectivity index (χ3n) is 3.79. The van der Waals surface area contributed by atoms with Crippen molar-refractivity contribution in [1.29, 1.82) is 0 Å². The highest BCUT2D eigenvalue weighted by molar-refractivity contribution is 8.00. The summed E-state index contributed by atoms with van der Waals surface area (Å²) < 4.78 is 1.66. The van der Waals surface area contributed by atoms with Crippen molar-refractivity contribution >= 4 is 17.7 Å². The van der Waals surface area contributed by atoms with Crippen LogP contribution in [0.1, 0.15) is 32.6 Å². The largest absolute Gasteiger partial charge is 0.352 e. The Hall–Kier alpha value is -1.89. The summed E-state index contributed by atoms with van der Waals surface area (Å²) in [6, 6.07) is 10.0. The molecule has 0 unspecified atom stereocenters. The van der Waals surface area contributed by atoms with E-state index in [9.17, 15) is 4.79 Å². The lowest BCUT2D eigenvalue weighted by molar-refractivity contribution is -0.120. The molecule has 3 rings (SSSR count). The summed E-state index contributed by atoms with van der Waals surface area (Å²) >= 11 is 1.38. The molecule has 1 aliphatic carbocycles. The van der Waals surface area contributed by atoms with Crippen LogP contribution in [0, 0.1) is 0 Å². The monoisotopic (exact) mass is 317 g/mol. The van der Waals surface area contributed by atoms with Crippen molar-refractivity contribution in [2.75, 3.05) is 0 Å². The molecule has 6 nitrogen and oxygen atoms in total. The number of rotatable bonds is 5. The Balaban J connectivity index is 1.65. The number of hydrogen-bond donors (Lipinski definition) is 1. The third kappa shape index (κ3) is 3.47. The Kier molecular flexibility index (Phi) is 4.72. The number of benzene rings is 1. The number of carbonyl (C=O) groups is 1. The number of nitrogens with one attached hydrogen (secondary N) is 1. The average molecular weight is 317 g/mol. The fourth-order valence-corrected chi connectivity index (χ4v) is 3.40. The van der Waals surface area contributed by atoms with E-state index in [1.54, 1.807) is 4.68 Å². The molecule has 1 heterocycles. The molecular formula is C15H19N5OS. The fraction of sp³-hybridized carbons (Fsp3) is 0.467. The van der Waals surface area contributed by atoms with Gasteiger partial charge in [0.1, 0.15) is 0 Å². The molecule has 0 aliphatic heterocycles. The van der Waals surface area contributed by atoms with E-state index >= 15 is 0 Å². The number of carbonyl (C=O) groups excluding carboxylic acids is 1. The van der Waals surface area contributed by atoms with Crippen LogP contribution in [0.2, 0.25) is 0 Å². The van der Waals surface area contributed by atoms with Gasteiger partial charge < -0.3 is 5.32 Å². The maximum Gasteiger partial charge on any atom is 0.233 e. The molecule has 0 saturated heterocycles. The first kappa shape index (κ1) is 15.0. The fourth-order valence-electron chi connectivity index (χ4n) is 2.58. The van der Waals surface area contributed by atoms with E-state index in [1.807, 2.05) is 37.3 Å². The van der Waals surface area contributed by atoms with Crippen LogP contribution in [0.25, 0.3) is 5.69 Å². The van der Waals surface area contributed by atoms with E-state index in [4.69, 9.17) is 0 Å². The summed E-state index contributed by atoms with van der Waals surface area (Å²) in [7, 11) is 0. The minimum atomic E-state index is -0.228. The van der Waals surface area contributed by atoms with Crippen LogP contribution in [0.15, 0.2) is 35.5 Å². The zero-order valence-electron chi connectivity index (χ0n) is 12.5. The number of thioether (sulfide) groups is 1. The highest BCUT2D eigenvalue weighted by Gasteiger charge is 2.23. The Morgan fingerprint density at radius 2 is 2.05 bits per heavy atom. The molecule has 0 bridgehead atoms. The first-order chi connectivity index (χ1) is 10.7. The summed E-state index contributed by atoms with van der Waals surface area (Å²) in [5.41, 5.74) is 0.887. The van der Waals surface area contributed by atoms with Crippen molar-refractivity contribution in [1.82, 2.24) is 25.5 Å². The lowest BCUT2D eigenvalue weighted by Gasteiger charge is -2.15. The second-order valence-electron chi connectivity index (χ2n) is 5.46. The summed E-state index contributed by atoms with van der Waals surface area (Å²) in [5, 5.41) is 15.3. The molecule has 116 valence electrons. The molecular weight excluding hydrogens is 298 g/mol. The van der Waals surface area contributed by atoms with Gasteiger partial charge in [0.05, 0.1) is 10.9 Å². The van der Waals surface area contributed by atoms with Gasteiger partial charge in [-0.3, -0.25) is 4.79 Å². The van der Waals surface area contributed by atoms with Crippen LogP contribution in [0.4, 0.5) is 0 Å². The SMILES string of the molecule is C[C@H](Sc1nnnn1-c1ccccc1)C(=O)NC1CCCC1. The van der Waals surface area contributed by atoms with E-state index in [2.05, 4.69) is 20.8 Å². The second kappa shape index (κ2) is 6.91. The molecule has 1 aromatic carbocycles. The van der Waals surface area contributed by atoms with Gasteiger partial charge in [-0.2, -0.15) is 4.68 Å². The number of tetrazole rings is 1. The van der Waals surface area contributed by atoms with E-state index in [0.717, 1.165) is 18.5 Å². The molecule has 1 saturated carbocycles. The number of aromatic nitrogens is 4. The smallest absolute Gasteiger partial charge is 0.233 e.